The zero-order chi connectivity index (χ0) is 11.7. The van der Waals surface area contributed by atoms with Crippen molar-refractivity contribution in [2.24, 2.45) is 0 Å². The molecule has 0 amide bonds. The molecular weight excluding hydrogens is 195 g/mol. The second-order valence-electron chi connectivity index (χ2n) is 4.57. The van der Waals surface area contributed by atoms with Crippen LogP contribution in [-0.4, -0.2) is 38.6 Å². The Kier molecular flexibility index (Phi) is 3.23. The maximum absolute atomic E-state index is 9.83. The van der Waals surface area contributed by atoms with Gasteiger partial charge in [-0.25, -0.2) is 0 Å². The van der Waals surface area contributed by atoms with Crippen molar-refractivity contribution < 1.29 is 14.8 Å². The Labute approximate surface area is 89.6 Å². The lowest BCUT2D eigenvalue weighted by atomic mass is 9.78. The van der Waals surface area contributed by atoms with E-state index >= 15 is 0 Å². The normalized spacial score (nSPS) is 12.9. The Morgan fingerprint density at radius 3 is 2.40 bits per heavy atom. The number of hydrogen-bond donors (Lipinski definition) is 3. The summed E-state index contributed by atoms with van der Waals surface area (Å²) in [5.41, 5.74) is -1.37. The molecule has 1 rings (SSSR count). The molecule has 0 aliphatic heterocycles. The van der Waals surface area contributed by atoms with E-state index in [0.29, 0.717) is 5.46 Å². The molecule has 0 spiro atoms. The molecule has 15 heavy (non-hydrogen) atoms. The Hall–Kier alpha value is -0.845. The molecule has 84 valence electrons. The molecule has 0 radical (unpaired) electrons. The van der Waals surface area contributed by atoms with Crippen LogP contribution in [0, 0.1) is 0 Å². The first-order valence-electron chi connectivity index (χ1n) is 4.81. The van der Waals surface area contributed by atoms with Crippen LogP contribution in [0.4, 0.5) is 0 Å². The first-order valence-corrected chi connectivity index (χ1v) is 4.81. The fourth-order valence-corrected chi connectivity index (χ4v) is 0.887. The van der Waals surface area contributed by atoms with E-state index in [1.165, 1.54) is 6.20 Å². The molecule has 1 aromatic rings. The lowest BCUT2D eigenvalue weighted by Gasteiger charge is -2.38. The molecule has 0 atom stereocenters. The van der Waals surface area contributed by atoms with Gasteiger partial charge in [0, 0.05) is 17.9 Å². The van der Waals surface area contributed by atoms with Gasteiger partial charge in [-0.05, 0) is 27.7 Å². The third-order valence-corrected chi connectivity index (χ3v) is 2.68. The van der Waals surface area contributed by atoms with Crippen LogP contribution in [0.5, 0.6) is 0 Å². The quantitative estimate of drug-likeness (QED) is 0.597. The molecule has 0 bridgehead atoms. The Morgan fingerprint density at radius 2 is 2.00 bits per heavy atom. The number of rotatable bonds is 4. The van der Waals surface area contributed by atoms with Gasteiger partial charge in [0.1, 0.15) is 0 Å². The molecule has 0 fully saturated rings. The van der Waals surface area contributed by atoms with Crippen LogP contribution >= 0.6 is 0 Å². The van der Waals surface area contributed by atoms with Crippen LogP contribution in [0.25, 0.3) is 0 Å². The summed E-state index contributed by atoms with van der Waals surface area (Å²) in [6.45, 7) is 6.71. The summed E-state index contributed by atoms with van der Waals surface area (Å²) in [5, 5.41) is 25.8. The van der Waals surface area contributed by atoms with E-state index in [0.717, 1.165) is 0 Å². The van der Waals surface area contributed by atoms with Crippen LogP contribution in [-0.2, 0) is 4.65 Å². The SMILES string of the molecule is CC(C)(O)C(C)(C)OB(O)c1cn[nH]c1. The number of nitrogens with one attached hydrogen (secondary N) is 1. The summed E-state index contributed by atoms with van der Waals surface area (Å²) >= 11 is 0. The van der Waals surface area contributed by atoms with Crippen molar-refractivity contribution in [1.29, 1.82) is 0 Å². The van der Waals surface area contributed by atoms with E-state index in [1.54, 1.807) is 33.9 Å². The Bertz CT molecular complexity index is 306. The predicted octanol–water partition coefficient (Wildman–Crippen LogP) is -0.337. The lowest BCUT2D eigenvalue weighted by Crippen LogP contribution is -2.53. The van der Waals surface area contributed by atoms with Gasteiger partial charge in [-0.3, -0.25) is 5.10 Å². The van der Waals surface area contributed by atoms with Crippen LogP contribution in [0.2, 0.25) is 0 Å². The average molecular weight is 212 g/mol. The van der Waals surface area contributed by atoms with E-state index in [4.69, 9.17) is 4.65 Å². The summed E-state index contributed by atoms with van der Waals surface area (Å²) in [6.07, 6.45) is 3.02. The number of aromatic nitrogens is 2. The molecule has 0 aliphatic carbocycles. The van der Waals surface area contributed by atoms with E-state index < -0.39 is 18.3 Å². The van der Waals surface area contributed by atoms with Crippen molar-refractivity contribution in [3.8, 4) is 0 Å². The molecule has 6 heteroatoms. The zero-order valence-corrected chi connectivity index (χ0v) is 9.48. The number of aromatic amines is 1. The number of aliphatic hydroxyl groups is 1. The van der Waals surface area contributed by atoms with Crippen molar-refractivity contribution in [3.05, 3.63) is 12.4 Å². The van der Waals surface area contributed by atoms with Crippen molar-refractivity contribution in [2.75, 3.05) is 0 Å². The van der Waals surface area contributed by atoms with E-state index in [-0.39, 0.29) is 0 Å². The number of nitrogens with zero attached hydrogens (tertiary/aromatic N) is 1. The van der Waals surface area contributed by atoms with Crippen LogP contribution in [0.1, 0.15) is 27.7 Å². The highest BCUT2D eigenvalue weighted by molar-refractivity contribution is 6.59. The smallest absolute Gasteiger partial charge is 0.423 e. The minimum atomic E-state index is -1.09. The van der Waals surface area contributed by atoms with Crippen LogP contribution in [0.3, 0.4) is 0 Å². The highest BCUT2D eigenvalue weighted by Crippen LogP contribution is 2.25. The molecule has 0 aromatic carbocycles. The standard InChI is InChI=1S/C9H17BN2O3/c1-8(2,13)9(3,4)15-10(14)7-5-11-12-6-7/h5-6,13-14H,1-4H3,(H,11,12). The first-order chi connectivity index (χ1) is 6.74. The van der Waals surface area contributed by atoms with Gasteiger partial charge in [0.05, 0.1) is 11.2 Å². The van der Waals surface area contributed by atoms with Gasteiger partial charge in [-0.1, -0.05) is 0 Å². The summed E-state index contributed by atoms with van der Waals surface area (Å²) in [6, 6.07) is 0. The number of hydrogen-bond acceptors (Lipinski definition) is 4. The lowest BCUT2D eigenvalue weighted by molar-refractivity contribution is -0.0982. The third-order valence-electron chi connectivity index (χ3n) is 2.68. The van der Waals surface area contributed by atoms with E-state index in [2.05, 4.69) is 10.2 Å². The van der Waals surface area contributed by atoms with Crippen molar-refractivity contribution >= 4 is 12.6 Å². The monoisotopic (exact) mass is 212 g/mol. The second-order valence-corrected chi connectivity index (χ2v) is 4.57. The van der Waals surface area contributed by atoms with Gasteiger partial charge in [-0.15, -0.1) is 0 Å². The molecule has 3 N–H and O–H groups in total. The summed E-state index contributed by atoms with van der Waals surface area (Å²) < 4.78 is 5.39. The Balaban J connectivity index is 2.70. The van der Waals surface area contributed by atoms with Gasteiger partial charge in [-0.2, -0.15) is 5.10 Å². The molecule has 0 saturated heterocycles. The molecule has 1 aromatic heterocycles. The molecule has 5 nitrogen and oxygen atoms in total. The van der Waals surface area contributed by atoms with Gasteiger partial charge >= 0.3 is 7.12 Å². The summed E-state index contributed by atoms with van der Waals surface area (Å²) in [4.78, 5) is 0. The first kappa shape index (κ1) is 12.2. The summed E-state index contributed by atoms with van der Waals surface area (Å²) in [5.74, 6) is 0. The van der Waals surface area contributed by atoms with E-state index in [1.807, 2.05) is 0 Å². The minimum Gasteiger partial charge on any atom is -0.423 e. The topological polar surface area (TPSA) is 78.4 Å². The van der Waals surface area contributed by atoms with Crippen LogP contribution in [0.15, 0.2) is 12.4 Å². The average Bonchev–Trinajstić information content (AvgIpc) is 2.51. The summed E-state index contributed by atoms with van der Waals surface area (Å²) in [7, 11) is -1.09. The highest BCUT2D eigenvalue weighted by Gasteiger charge is 2.39. The number of H-pyrrole nitrogens is 1. The highest BCUT2D eigenvalue weighted by atomic mass is 16.5. The molecule has 1 heterocycles. The molecule has 0 saturated carbocycles. The largest absolute Gasteiger partial charge is 0.494 e. The third kappa shape index (κ3) is 2.81. The van der Waals surface area contributed by atoms with Crippen molar-refractivity contribution in [1.82, 2.24) is 10.2 Å². The minimum absolute atomic E-state index is 0.535. The molecule has 0 unspecified atom stereocenters. The zero-order valence-electron chi connectivity index (χ0n) is 9.48. The predicted molar refractivity (Wildman–Crippen MR) is 57.7 cm³/mol. The van der Waals surface area contributed by atoms with Crippen LogP contribution < -0.4 is 5.46 Å². The van der Waals surface area contributed by atoms with Gasteiger partial charge < -0.3 is 14.8 Å². The van der Waals surface area contributed by atoms with Crippen molar-refractivity contribution in [3.63, 3.8) is 0 Å². The van der Waals surface area contributed by atoms with Gasteiger partial charge in [0.2, 0.25) is 0 Å². The molecule has 0 aliphatic rings. The maximum atomic E-state index is 9.83. The fourth-order valence-electron chi connectivity index (χ4n) is 0.887. The maximum Gasteiger partial charge on any atom is 0.494 e. The second kappa shape index (κ2) is 3.96. The Morgan fingerprint density at radius 1 is 1.40 bits per heavy atom. The van der Waals surface area contributed by atoms with Gasteiger partial charge in [0.15, 0.2) is 0 Å². The molecular formula is C9H17BN2O3. The fraction of sp³-hybridized carbons (Fsp3) is 0.667. The van der Waals surface area contributed by atoms with E-state index in [9.17, 15) is 10.1 Å². The van der Waals surface area contributed by atoms with Crippen molar-refractivity contribution in [2.45, 2.75) is 38.9 Å². The van der Waals surface area contributed by atoms with Gasteiger partial charge in [0.25, 0.3) is 0 Å².